The highest BCUT2D eigenvalue weighted by molar-refractivity contribution is 7.16. The Bertz CT molecular complexity index is 833. The van der Waals surface area contributed by atoms with E-state index in [2.05, 4.69) is 31.4 Å². The van der Waals surface area contributed by atoms with Crippen molar-refractivity contribution >= 4 is 22.2 Å². The Balaban J connectivity index is 1.62. The maximum absolute atomic E-state index is 12.8. The molecule has 2 heterocycles. The number of fused-ring (bicyclic) bond motifs is 3. The van der Waals surface area contributed by atoms with Crippen molar-refractivity contribution in [3.63, 3.8) is 0 Å². The van der Waals surface area contributed by atoms with Crippen LogP contribution in [-0.2, 0) is 12.8 Å². The summed E-state index contributed by atoms with van der Waals surface area (Å²) in [5, 5.41) is 7.68. The van der Waals surface area contributed by atoms with Gasteiger partial charge in [-0.2, -0.15) is 0 Å². The Morgan fingerprint density at radius 1 is 1.15 bits per heavy atom. The van der Waals surface area contributed by atoms with Gasteiger partial charge < -0.3 is 15.4 Å². The van der Waals surface area contributed by atoms with Crippen LogP contribution in [0.5, 0.6) is 5.75 Å². The number of amides is 1. The second-order valence-electron chi connectivity index (χ2n) is 8.34. The number of methoxy groups -OCH3 is 1. The van der Waals surface area contributed by atoms with Crippen LogP contribution < -0.4 is 15.4 Å². The molecule has 0 saturated heterocycles. The first-order chi connectivity index (χ1) is 12.4. The molecule has 4 rings (SSSR count). The fraction of sp³-hybridized carbons (Fsp3) is 0.476. The minimum atomic E-state index is -0.195. The number of ether oxygens (including phenoxy) is 1. The Morgan fingerprint density at radius 3 is 2.54 bits per heavy atom. The lowest BCUT2D eigenvalue weighted by Gasteiger charge is -2.34. The highest BCUT2D eigenvalue weighted by Crippen LogP contribution is 2.46. The number of carbonyl (C=O) groups is 1. The van der Waals surface area contributed by atoms with Gasteiger partial charge in [0.25, 0.3) is 5.91 Å². The van der Waals surface area contributed by atoms with Crippen molar-refractivity contribution < 1.29 is 9.53 Å². The number of benzene rings is 1. The summed E-state index contributed by atoms with van der Waals surface area (Å²) in [5.74, 6) is 1.54. The average Bonchev–Trinajstić information content (AvgIpc) is 2.99. The lowest BCUT2D eigenvalue weighted by molar-refractivity contribution is 0.0935. The molecule has 0 bridgehead atoms. The average molecular weight is 371 g/mol. The number of carbonyl (C=O) groups excluding carboxylic acids is 1. The molecule has 0 spiro atoms. The fourth-order valence-electron chi connectivity index (χ4n) is 4.00. The molecule has 4 nitrogen and oxygen atoms in total. The molecule has 1 aromatic heterocycles. The quantitative estimate of drug-likeness (QED) is 0.801. The molecule has 0 radical (unpaired) electrons. The largest absolute Gasteiger partial charge is 0.497 e. The normalized spacial score (nSPS) is 22.1. The van der Waals surface area contributed by atoms with E-state index in [-0.39, 0.29) is 12.1 Å². The summed E-state index contributed by atoms with van der Waals surface area (Å²) < 4.78 is 5.22. The Labute approximate surface area is 159 Å². The van der Waals surface area contributed by atoms with Gasteiger partial charge in [-0.1, -0.05) is 32.9 Å². The molecular weight excluding hydrogens is 344 g/mol. The van der Waals surface area contributed by atoms with Gasteiger partial charge in [-0.3, -0.25) is 4.79 Å². The van der Waals surface area contributed by atoms with Gasteiger partial charge in [-0.15, -0.1) is 11.3 Å². The van der Waals surface area contributed by atoms with Crippen molar-refractivity contribution in [1.29, 1.82) is 0 Å². The number of anilines is 1. The van der Waals surface area contributed by atoms with E-state index in [1.54, 1.807) is 18.4 Å². The number of thiophene rings is 1. The molecule has 2 atom stereocenters. The van der Waals surface area contributed by atoms with Crippen molar-refractivity contribution in [2.45, 2.75) is 46.2 Å². The van der Waals surface area contributed by atoms with Gasteiger partial charge in [0.1, 0.15) is 16.9 Å². The van der Waals surface area contributed by atoms with Crippen LogP contribution in [0.4, 0.5) is 5.00 Å². The summed E-state index contributed by atoms with van der Waals surface area (Å²) in [7, 11) is 1.66. The van der Waals surface area contributed by atoms with Crippen molar-refractivity contribution in [3.8, 4) is 5.75 Å². The summed E-state index contributed by atoms with van der Waals surface area (Å²) in [6.45, 7) is 6.96. The molecule has 1 aliphatic heterocycles. The van der Waals surface area contributed by atoms with Gasteiger partial charge in [-0.05, 0) is 53.9 Å². The molecule has 2 N–H and O–H groups in total. The Kier molecular flexibility index (Phi) is 4.22. The van der Waals surface area contributed by atoms with Crippen LogP contribution in [0.15, 0.2) is 24.3 Å². The molecule has 1 amide bonds. The first-order valence-electron chi connectivity index (χ1n) is 9.22. The van der Waals surface area contributed by atoms with E-state index in [1.165, 1.54) is 10.4 Å². The lowest BCUT2D eigenvalue weighted by Crippen LogP contribution is -2.38. The molecule has 1 aliphatic carbocycles. The summed E-state index contributed by atoms with van der Waals surface area (Å²) >= 11 is 1.77. The smallest absolute Gasteiger partial charge is 0.256 e. The summed E-state index contributed by atoms with van der Waals surface area (Å²) in [6.07, 6.45) is 3.05. The van der Waals surface area contributed by atoms with Gasteiger partial charge in [0, 0.05) is 4.88 Å². The first kappa shape index (κ1) is 17.4. The van der Waals surface area contributed by atoms with E-state index < -0.39 is 0 Å². The molecule has 0 unspecified atom stereocenters. The van der Waals surface area contributed by atoms with Gasteiger partial charge in [0.05, 0.1) is 12.7 Å². The van der Waals surface area contributed by atoms with Gasteiger partial charge in [0.2, 0.25) is 0 Å². The van der Waals surface area contributed by atoms with Crippen LogP contribution in [-0.4, -0.2) is 13.0 Å². The van der Waals surface area contributed by atoms with Gasteiger partial charge >= 0.3 is 0 Å². The molecule has 1 aromatic carbocycles. The Hall–Kier alpha value is -2.01. The number of hydrogen-bond acceptors (Lipinski definition) is 4. The third kappa shape index (κ3) is 2.98. The number of nitrogens with one attached hydrogen (secondary N) is 2. The number of hydrogen-bond donors (Lipinski definition) is 2. The third-order valence-electron chi connectivity index (χ3n) is 5.72. The van der Waals surface area contributed by atoms with Gasteiger partial charge in [0.15, 0.2) is 0 Å². The third-order valence-corrected chi connectivity index (χ3v) is 6.90. The van der Waals surface area contributed by atoms with Crippen molar-refractivity contribution in [2.75, 3.05) is 12.4 Å². The van der Waals surface area contributed by atoms with E-state index in [9.17, 15) is 4.79 Å². The summed E-state index contributed by atoms with van der Waals surface area (Å²) in [5.41, 5.74) is 3.48. The molecular formula is C21H26N2O2S. The zero-order valence-electron chi connectivity index (χ0n) is 15.8. The zero-order chi connectivity index (χ0) is 18.5. The summed E-state index contributed by atoms with van der Waals surface area (Å²) in [4.78, 5) is 14.2. The monoisotopic (exact) mass is 370 g/mol. The second-order valence-corrected chi connectivity index (χ2v) is 9.44. The van der Waals surface area contributed by atoms with Crippen molar-refractivity contribution in [2.24, 2.45) is 11.3 Å². The lowest BCUT2D eigenvalue weighted by atomic mass is 9.72. The summed E-state index contributed by atoms with van der Waals surface area (Å²) in [6, 6.07) is 7.83. The van der Waals surface area contributed by atoms with E-state index >= 15 is 0 Å². The number of rotatable bonds is 2. The van der Waals surface area contributed by atoms with E-state index in [4.69, 9.17) is 4.74 Å². The molecule has 0 saturated carbocycles. The SMILES string of the molecule is COc1ccc([C@@H]2NC(=O)c3c(sc4c3CC[C@H](C(C)(C)C)C4)N2)cc1. The fourth-order valence-corrected chi connectivity index (χ4v) is 5.35. The standard InChI is InChI=1S/C21H26N2O2S/c1-21(2,3)13-7-10-15-16(11-13)26-20-17(15)19(24)22-18(23-20)12-5-8-14(25-4)9-6-12/h5-6,8-9,13,18,23H,7,10-11H2,1-4H3,(H,22,24)/t13-,18+/m0/s1. The maximum atomic E-state index is 12.8. The molecule has 2 aliphatic rings. The van der Waals surface area contributed by atoms with E-state index in [0.717, 1.165) is 41.1 Å². The van der Waals surface area contributed by atoms with Crippen LogP contribution in [0, 0.1) is 11.3 Å². The van der Waals surface area contributed by atoms with E-state index in [1.807, 2.05) is 24.3 Å². The maximum Gasteiger partial charge on any atom is 0.256 e. The van der Waals surface area contributed by atoms with Crippen LogP contribution in [0.3, 0.4) is 0 Å². The zero-order valence-corrected chi connectivity index (χ0v) is 16.6. The van der Waals surface area contributed by atoms with E-state index in [0.29, 0.717) is 11.3 Å². The van der Waals surface area contributed by atoms with Crippen LogP contribution in [0.2, 0.25) is 0 Å². The molecule has 0 fully saturated rings. The molecule has 138 valence electrons. The topological polar surface area (TPSA) is 50.4 Å². The van der Waals surface area contributed by atoms with Crippen molar-refractivity contribution in [1.82, 2.24) is 5.32 Å². The van der Waals surface area contributed by atoms with Crippen LogP contribution in [0.25, 0.3) is 0 Å². The van der Waals surface area contributed by atoms with Crippen molar-refractivity contribution in [3.05, 3.63) is 45.8 Å². The highest BCUT2D eigenvalue weighted by Gasteiger charge is 2.36. The first-order valence-corrected chi connectivity index (χ1v) is 10.0. The predicted molar refractivity (Wildman–Crippen MR) is 106 cm³/mol. The highest BCUT2D eigenvalue weighted by atomic mass is 32.1. The van der Waals surface area contributed by atoms with Gasteiger partial charge in [-0.25, -0.2) is 0 Å². The molecule has 26 heavy (non-hydrogen) atoms. The minimum absolute atomic E-state index is 0.0475. The molecule has 5 heteroatoms. The van der Waals surface area contributed by atoms with Crippen LogP contribution >= 0.6 is 11.3 Å². The second kappa shape index (κ2) is 6.31. The van der Waals surface area contributed by atoms with Crippen LogP contribution in [0.1, 0.15) is 59.7 Å². The minimum Gasteiger partial charge on any atom is -0.497 e. The molecule has 2 aromatic rings. The predicted octanol–water partition coefficient (Wildman–Crippen LogP) is 4.76. The Morgan fingerprint density at radius 2 is 1.88 bits per heavy atom.